The largest absolute Gasteiger partial charge is 1.00 e. The van der Waals surface area contributed by atoms with Gasteiger partial charge in [0.1, 0.15) is 0 Å². The molecule has 0 fully saturated rings. The molecule has 21 heavy (non-hydrogen) atoms. The number of nitrogens with two attached hydrogens (primary N) is 2. The molecule has 0 saturated heterocycles. The van der Waals surface area contributed by atoms with Gasteiger partial charge in [0.2, 0.25) is 0 Å². The van der Waals surface area contributed by atoms with E-state index in [0.29, 0.717) is 0 Å². The summed E-state index contributed by atoms with van der Waals surface area (Å²) in [5, 5.41) is 0. The molecular weight excluding hydrogens is 426 g/mol. The molecule has 0 saturated carbocycles. The molecule has 14 heteroatoms. The van der Waals surface area contributed by atoms with Crippen molar-refractivity contribution in [2.75, 3.05) is 6.16 Å². The van der Waals surface area contributed by atoms with Crippen LogP contribution in [0.1, 0.15) is 26.2 Å². The van der Waals surface area contributed by atoms with Gasteiger partial charge in [0.15, 0.2) is 0 Å². The molecule has 104 valence electrons. The molecule has 1 atom stereocenters. The fourth-order valence-electron chi connectivity index (χ4n) is 1.44. The van der Waals surface area contributed by atoms with Crippen LogP contribution in [0.5, 0.6) is 0 Å². The van der Waals surface area contributed by atoms with E-state index in [4.69, 9.17) is 11.5 Å². The predicted octanol–water partition coefficient (Wildman–Crippen LogP) is -15.0. The van der Waals surface area contributed by atoms with E-state index in [1.165, 1.54) is 6.92 Å². The van der Waals surface area contributed by atoms with Crippen molar-refractivity contribution >= 4 is 15.2 Å². The third-order valence-corrected chi connectivity index (χ3v) is 4.89. The van der Waals surface area contributed by atoms with Gasteiger partial charge in [-0.1, -0.05) is 22.1 Å². The quantitative estimate of drug-likeness (QED) is 0.222. The number of rotatable bonds is 7. The van der Waals surface area contributed by atoms with E-state index < -0.39 is 32.7 Å². The van der Waals surface area contributed by atoms with Gasteiger partial charge in [-0.25, -0.2) is 0 Å². The van der Waals surface area contributed by atoms with Gasteiger partial charge in [0, 0.05) is 5.66 Å². The van der Waals surface area contributed by atoms with Gasteiger partial charge in [-0.3, -0.25) is 0 Å². The molecule has 8 nitrogen and oxygen atoms in total. The minimum Gasteiger partial charge on any atom is -0.811 e. The fourth-order valence-corrected chi connectivity index (χ4v) is 3.28. The van der Waals surface area contributed by atoms with Gasteiger partial charge in [-0.2, -0.15) is 0 Å². The maximum atomic E-state index is 11.0. The summed E-state index contributed by atoms with van der Waals surface area (Å²) >= 11 is 0. The molecule has 0 aliphatic rings. The van der Waals surface area contributed by atoms with E-state index in [-0.39, 0.29) is 225 Å². The van der Waals surface area contributed by atoms with E-state index in [0.717, 1.165) is 0 Å². The first-order valence-corrected chi connectivity index (χ1v) is 8.34. The molecule has 0 aliphatic heterocycles. The Bertz CT molecular complexity index is 350. The zero-order chi connectivity index (χ0) is 13.9. The average molecular weight is 443 g/mol. The topological polar surface area (TPSA) is 178 Å². The zero-order valence-electron chi connectivity index (χ0n) is 13.4. The Balaban J connectivity index is -0.000000213. The molecule has 0 amide bonds. The maximum Gasteiger partial charge on any atom is 1.00 e. The Hall–Kier alpha value is 6.77. The van der Waals surface area contributed by atoms with E-state index >= 15 is 0 Å². The molecule has 4 N–H and O–H groups in total. The average Bonchev–Trinajstić information content (AvgIpc) is 2.08. The maximum absolute atomic E-state index is 11.0. The van der Waals surface area contributed by atoms with Crippen molar-refractivity contribution in [2.24, 2.45) is 11.5 Å². The molecule has 0 radical (unpaired) electrons. The van der Waals surface area contributed by atoms with Crippen LogP contribution in [0.25, 0.3) is 0 Å². The first kappa shape index (κ1) is 38.4. The molecule has 0 spiro atoms. The van der Waals surface area contributed by atoms with Crippen molar-refractivity contribution in [1.29, 1.82) is 0 Å². The van der Waals surface area contributed by atoms with Crippen molar-refractivity contribution in [3.63, 3.8) is 0 Å². The SMILES string of the molecule is CCC(N)(N)C(CCCP(=O)([O-])[O-])P(=O)([O-])[O-].[K+].[K+].[K+].[K+]. The molecule has 0 aromatic heterocycles. The minimum absolute atomic E-state index is 0. The monoisotopic (exact) mass is 442 g/mol. The first-order chi connectivity index (χ1) is 7.40. The molecule has 0 aromatic carbocycles. The smallest absolute Gasteiger partial charge is 0.811 e. The molecular formula is C7H16K4N2O6P2. The van der Waals surface area contributed by atoms with Gasteiger partial charge in [-0.05, 0) is 25.4 Å². The van der Waals surface area contributed by atoms with Gasteiger partial charge >= 0.3 is 206 Å². The van der Waals surface area contributed by atoms with E-state index in [1.807, 2.05) is 0 Å². The first-order valence-electron chi connectivity index (χ1n) is 5.00. The van der Waals surface area contributed by atoms with Gasteiger partial charge in [0.05, 0.1) is 5.66 Å². The Morgan fingerprint density at radius 1 is 1.00 bits per heavy atom. The van der Waals surface area contributed by atoms with Gasteiger partial charge in [0.25, 0.3) is 0 Å². The molecule has 0 aromatic rings. The van der Waals surface area contributed by atoms with Crippen LogP contribution >= 0.6 is 15.2 Å². The summed E-state index contributed by atoms with van der Waals surface area (Å²) in [5.41, 5.74) is 7.66. The summed E-state index contributed by atoms with van der Waals surface area (Å²) in [7, 11) is -9.75. The number of hydrogen-bond donors (Lipinski definition) is 2. The van der Waals surface area contributed by atoms with Crippen LogP contribution < -0.4 is 237 Å². The van der Waals surface area contributed by atoms with Crippen LogP contribution in [0.2, 0.25) is 0 Å². The third-order valence-electron chi connectivity index (χ3n) is 2.52. The van der Waals surface area contributed by atoms with Crippen molar-refractivity contribution in [2.45, 2.75) is 37.5 Å². The van der Waals surface area contributed by atoms with E-state index in [9.17, 15) is 28.7 Å². The molecule has 1 unspecified atom stereocenters. The standard InChI is InChI=1S/C7H20N2O6P2.4K/c1-2-7(8,9)6(17(13,14)15)4-3-5-16(10,11)12;;;;/h6H,2-5,8-9H2,1H3,(H2,10,11,12)(H2,13,14,15);;;;/q;4*+1/p-4. The van der Waals surface area contributed by atoms with Crippen molar-refractivity contribution in [1.82, 2.24) is 0 Å². The zero-order valence-corrected chi connectivity index (χ0v) is 27.7. The summed E-state index contributed by atoms with van der Waals surface area (Å²) in [4.78, 5) is 42.7. The van der Waals surface area contributed by atoms with Crippen molar-refractivity contribution in [3.8, 4) is 0 Å². The second-order valence-corrected chi connectivity index (χ2v) is 7.37. The fraction of sp³-hybridized carbons (Fsp3) is 1.00. The molecule has 0 bridgehead atoms. The molecule has 0 heterocycles. The summed E-state index contributed by atoms with van der Waals surface area (Å²) in [5.74, 6) is 0. The van der Waals surface area contributed by atoms with Crippen LogP contribution in [0.4, 0.5) is 0 Å². The van der Waals surface area contributed by atoms with Gasteiger partial charge in [-0.15, -0.1) is 0 Å². The van der Waals surface area contributed by atoms with Crippen LogP contribution in [-0.2, 0) is 9.13 Å². The summed E-state index contributed by atoms with van der Waals surface area (Å²) < 4.78 is 21.3. The van der Waals surface area contributed by atoms with Crippen LogP contribution in [-0.4, -0.2) is 17.5 Å². The summed E-state index contributed by atoms with van der Waals surface area (Å²) in [6, 6.07) is 0. The second-order valence-electron chi connectivity index (χ2n) is 4.00. The van der Waals surface area contributed by atoms with Crippen molar-refractivity contribution < 1.29 is 234 Å². The predicted molar refractivity (Wildman–Crippen MR) is 54.5 cm³/mol. The minimum atomic E-state index is -5.04. The van der Waals surface area contributed by atoms with Gasteiger partial charge < -0.3 is 40.2 Å². The Labute approximate surface area is 295 Å². The van der Waals surface area contributed by atoms with E-state index in [2.05, 4.69) is 0 Å². The Kier molecular flexibility index (Phi) is 32.2. The molecule has 0 aliphatic carbocycles. The van der Waals surface area contributed by atoms with Crippen LogP contribution in [0.3, 0.4) is 0 Å². The van der Waals surface area contributed by atoms with Crippen LogP contribution in [0, 0.1) is 0 Å². The Morgan fingerprint density at radius 3 is 1.62 bits per heavy atom. The molecule has 0 rings (SSSR count). The normalized spacial score (nSPS) is 12.9. The van der Waals surface area contributed by atoms with E-state index in [1.54, 1.807) is 0 Å². The second kappa shape index (κ2) is 17.6. The Morgan fingerprint density at radius 2 is 1.38 bits per heavy atom. The summed E-state index contributed by atoms with van der Waals surface area (Å²) in [6.07, 6.45) is -1.26. The summed E-state index contributed by atoms with van der Waals surface area (Å²) in [6.45, 7) is 1.51. The third kappa shape index (κ3) is 19.8. The van der Waals surface area contributed by atoms with Crippen LogP contribution in [0.15, 0.2) is 0 Å². The van der Waals surface area contributed by atoms with Crippen molar-refractivity contribution in [3.05, 3.63) is 0 Å². The number of hydrogen-bond acceptors (Lipinski definition) is 8.